The van der Waals surface area contributed by atoms with E-state index < -0.39 is 0 Å². The van der Waals surface area contributed by atoms with Gasteiger partial charge in [0.15, 0.2) is 5.96 Å². The van der Waals surface area contributed by atoms with E-state index in [1.54, 1.807) is 6.20 Å². The molecule has 5 N–H and O–H groups in total. The summed E-state index contributed by atoms with van der Waals surface area (Å²) >= 11 is 0. The highest BCUT2D eigenvalue weighted by atomic mass is 15.4. The van der Waals surface area contributed by atoms with Crippen molar-refractivity contribution in [2.75, 3.05) is 23.7 Å². The second kappa shape index (κ2) is 5.36. The minimum absolute atomic E-state index is 0.190. The van der Waals surface area contributed by atoms with Gasteiger partial charge in [0, 0.05) is 36.6 Å². The molecule has 2 fully saturated rings. The molecule has 3 heterocycles. The quantitative estimate of drug-likeness (QED) is 0.566. The fourth-order valence-electron chi connectivity index (χ4n) is 3.93. The van der Waals surface area contributed by atoms with Crippen LogP contribution in [0.1, 0.15) is 12.0 Å². The van der Waals surface area contributed by atoms with Gasteiger partial charge in [-0.15, -0.1) is 0 Å². The predicted octanol–water partition coefficient (Wildman–Crippen LogP) is 1.19. The largest absolute Gasteiger partial charge is 0.370 e. The Kier molecular flexibility index (Phi) is 3.30. The fraction of sp³-hybridized carbons (Fsp3) is 0.353. The van der Waals surface area contributed by atoms with Crippen molar-refractivity contribution in [3.63, 3.8) is 0 Å². The summed E-state index contributed by atoms with van der Waals surface area (Å²) < 4.78 is 0. The van der Waals surface area contributed by atoms with Crippen molar-refractivity contribution in [2.45, 2.75) is 25.4 Å². The molecule has 0 saturated carbocycles. The van der Waals surface area contributed by atoms with Gasteiger partial charge in [-0.25, -0.2) is 9.97 Å². The van der Waals surface area contributed by atoms with Crippen LogP contribution in [0.5, 0.6) is 0 Å². The molecule has 7 heteroatoms. The predicted molar refractivity (Wildman–Crippen MR) is 94.8 cm³/mol. The Morgan fingerprint density at radius 1 is 1.25 bits per heavy atom. The van der Waals surface area contributed by atoms with Crippen LogP contribution in [0.25, 0.3) is 11.3 Å². The summed E-state index contributed by atoms with van der Waals surface area (Å²) in [7, 11) is 0. The Morgan fingerprint density at radius 2 is 2.08 bits per heavy atom. The zero-order chi connectivity index (χ0) is 16.8. The summed E-state index contributed by atoms with van der Waals surface area (Å²) in [4.78, 5) is 12.7. The molecular weight excluding hydrogens is 302 g/mol. The summed E-state index contributed by atoms with van der Waals surface area (Å²) in [6.45, 7) is 3.88. The van der Waals surface area contributed by atoms with Crippen LogP contribution in [0.15, 0.2) is 30.5 Å². The molecule has 24 heavy (non-hydrogen) atoms. The highest BCUT2D eigenvalue weighted by molar-refractivity contribution is 5.76. The van der Waals surface area contributed by atoms with Crippen molar-refractivity contribution in [1.82, 2.24) is 14.9 Å². The number of hydrogen-bond donors (Lipinski definition) is 3. The van der Waals surface area contributed by atoms with Crippen molar-refractivity contribution >= 4 is 17.6 Å². The van der Waals surface area contributed by atoms with Crippen LogP contribution in [-0.2, 0) is 0 Å². The summed E-state index contributed by atoms with van der Waals surface area (Å²) in [5, 5.41) is 7.66. The van der Waals surface area contributed by atoms with Crippen LogP contribution in [-0.4, -0.2) is 46.0 Å². The maximum Gasteiger partial charge on any atom is 0.220 e. The van der Waals surface area contributed by atoms with E-state index >= 15 is 0 Å². The number of aromatic nitrogens is 2. The smallest absolute Gasteiger partial charge is 0.220 e. The Labute approximate surface area is 140 Å². The number of nitrogens with two attached hydrogens (primary N) is 2. The Balaban J connectivity index is 1.59. The van der Waals surface area contributed by atoms with E-state index in [0.29, 0.717) is 12.1 Å². The number of rotatable bonds is 2. The van der Waals surface area contributed by atoms with Crippen molar-refractivity contribution in [3.05, 3.63) is 36.0 Å². The molecule has 0 amide bonds. The molecule has 1 aromatic heterocycles. The molecule has 2 saturated heterocycles. The summed E-state index contributed by atoms with van der Waals surface area (Å²) in [6, 6.07) is 9.03. The van der Waals surface area contributed by atoms with Crippen molar-refractivity contribution in [1.29, 1.82) is 5.41 Å². The second-order valence-corrected chi connectivity index (χ2v) is 6.53. The molecule has 2 aromatic rings. The van der Waals surface area contributed by atoms with Gasteiger partial charge in [0.2, 0.25) is 5.95 Å². The fourth-order valence-corrected chi connectivity index (χ4v) is 3.93. The van der Waals surface area contributed by atoms with Gasteiger partial charge in [-0.1, -0.05) is 6.07 Å². The van der Waals surface area contributed by atoms with Crippen molar-refractivity contribution < 1.29 is 0 Å². The zero-order valence-electron chi connectivity index (χ0n) is 13.6. The van der Waals surface area contributed by atoms with E-state index in [1.807, 2.05) is 11.0 Å². The van der Waals surface area contributed by atoms with Gasteiger partial charge in [-0.05, 0) is 37.1 Å². The first-order chi connectivity index (χ1) is 11.5. The third-order valence-corrected chi connectivity index (χ3v) is 5.03. The van der Waals surface area contributed by atoms with Gasteiger partial charge >= 0.3 is 0 Å². The number of hydrogen-bond acceptors (Lipinski definition) is 5. The molecule has 2 unspecified atom stereocenters. The number of nitrogens with one attached hydrogen (secondary N) is 1. The number of benzene rings is 1. The number of guanidine groups is 1. The molecule has 0 radical (unpaired) electrons. The molecule has 7 nitrogen and oxygen atoms in total. The lowest BCUT2D eigenvalue weighted by molar-refractivity contribution is 0.360. The minimum atomic E-state index is 0.190. The average Bonchev–Trinajstić information content (AvgIpc) is 3.15. The number of likely N-dealkylation sites (tertiary alicyclic amines) is 1. The van der Waals surface area contributed by atoms with Crippen LogP contribution in [0.4, 0.5) is 11.6 Å². The van der Waals surface area contributed by atoms with Crippen LogP contribution < -0.4 is 16.4 Å². The molecule has 124 valence electrons. The first-order valence-corrected chi connectivity index (χ1v) is 8.10. The van der Waals surface area contributed by atoms with Crippen LogP contribution in [0, 0.1) is 12.3 Å². The van der Waals surface area contributed by atoms with Gasteiger partial charge in [0.1, 0.15) is 0 Å². The Bertz CT molecular complexity index is 803. The number of fused-ring (bicyclic) bond motifs is 2. The highest BCUT2D eigenvalue weighted by Gasteiger charge is 2.44. The first kappa shape index (κ1) is 14.7. The zero-order valence-corrected chi connectivity index (χ0v) is 13.6. The highest BCUT2D eigenvalue weighted by Crippen LogP contribution is 2.36. The van der Waals surface area contributed by atoms with Crippen LogP contribution in [0.2, 0.25) is 0 Å². The Hall–Kier alpha value is -2.83. The molecule has 4 rings (SSSR count). The average molecular weight is 323 g/mol. The lowest BCUT2D eigenvalue weighted by Crippen LogP contribution is -2.51. The van der Waals surface area contributed by atoms with E-state index in [-0.39, 0.29) is 11.9 Å². The Morgan fingerprint density at radius 3 is 2.71 bits per heavy atom. The standard InChI is InChI=1S/C17H21N7/c1-10-6-11(14-4-5-21-17(20)22-14)2-3-15(10)23-8-13-7-12(23)9-24(13)16(18)19/h2-6,12-13H,7-9H2,1H3,(H3,18,19)(H2,20,21,22). The number of aryl methyl sites for hydroxylation is 1. The van der Waals surface area contributed by atoms with Crippen molar-refractivity contribution in [3.8, 4) is 11.3 Å². The molecule has 2 atom stereocenters. The topological polar surface area (TPSA) is 108 Å². The molecular formula is C17H21N7. The van der Waals surface area contributed by atoms with Gasteiger partial charge in [0.05, 0.1) is 11.7 Å². The summed E-state index contributed by atoms with van der Waals surface area (Å²) in [5.74, 6) is 0.478. The minimum Gasteiger partial charge on any atom is -0.370 e. The molecule has 2 aliphatic heterocycles. The molecule has 0 aliphatic carbocycles. The summed E-state index contributed by atoms with van der Waals surface area (Å²) in [5.41, 5.74) is 15.7. The van der Waals surface area contributed by atoms with E-state index in [1.165, 1.54) is 11.3 Å². The number of nitrogens with zero attached hydrogens (tertiary/aromatic N) is 4. The van der Waals surface area contributed by atoms with Gasteiger partial charge in [-0.2, -0.15) is 0 Å². The van der Waals surface area contributed by atoms with Gasteiger partial charge in [-0.3, -0.25) is 5.41 Å². The van der Waals surface area contributed by atoms with Crippen molar-refractivity contribution in [2.24, 2.45) is 5.73 Å². The van der Waals surface area contributed by atoms with E-state index in [0.717, 1.165) is 30.8 Å². The maximum atomic E-state index is 7.66. The maximum absolute atomic E-state index is 7.66. The SMILES string of the molecule is Cc1cc(-c2ccnc(N)n2)ccc1N1CC2CC1CN2C(=N)N. The first-order valence-electron chi connectivity index (χ1n) is 8.10. The third-order valence-electron chi connectivity index (χ3n) is 5.03. The molecule has 1 aromatic carbocycles. The van der Waals surface area contributed by atoms with E-state index in [2.05, 4.69) is 40.0 Å². The van der Waals surface area contributed by atoms with Gasteiger partial charge in [0.25, 0.3) is 0 Å². The normalized spacial score (nSPS) is 22.2. The number of anilines is 2. The lowest BCUT2D eigenvalue weighted by Gasteiger charge is -2.36. The van der Waals surface area contributed by atoms with Crippen LogP contribution in [0.3, 0.4) is 0 Å². The molecule has 2 bridgehead atoms. The summed E-state index contributed by atoms with van der Waals surface area (Å²) in [6.07, 6.45) is 2.75. The molecule has 0 spiro atoms. The number of nitrogen functional groups attached to an aromatic ring is 1. The van der Waals surface area contributed by atoms with E-state index in [9.17, 15) is 0 Å². The third kappa shape index (κ3) is 2.33. The number of piperazine rings is 1. The van der Waals surface area contributed by atoms with Gasteiger partial charge < -0.3 is 21.3 Å². The van der Waals surface area contributed by atoms with E-state index in [4.69, 9.17) is 16.9 Å². The molecule has 2 aliphatic rings. The lowest BCUT2D eigenvalue weighted by atomic mass is 10.1. The van der Waals surface area contributed by atoms with Crippen LogP contribution >= 0.6 is 0 Å². The monoisotopic (exact) mass is 323 g/mol. The second-order valence-electron chi connectivity index (χ2n) is 6.53.